The van der Waals surface area contributed by atoms with Crippen LogP contribution >= 0.6 is 0 Å². The highest BCUT2D eigenvalue weighted by Crippen LogP contribution is 2.14. The van der Waals surface area contributed by atoms with Crippen molar-refractivity contribution in [2.75, 3.05) is 13.1 Å². The van der Waals surface area contributed by atoms with Gasteiger partial charge >= 0.3 is 0 Å². The maximum atomic E-state index is 11.4. The highest BCUT2D eigenvalue weighted by Gasteiger charge is 2.21. The number of nitrogens with two attached hydrogens (primary N) is 1. The van der Waals surface area contributed by atoms with Gasteiger partial charge in [0.2, 0.25) is 0 Å². The van der Waals surface area contributed by atoms with E-state index >= 15 is 0 Å². The highest BCUT2D eigenvalue weighted by atomic mass is 16.1. The Morgan fingerprint density at radius 2 is 2.08 bits per heavy atom. The first-order chi connectivity index (χ1) is 5.38. The van der Waals surface area contributed by atoms with E-state index in [9.17, 15) is 4.79 Å². The molecule has 0 aliphatic heterocycles. The summed E-state index contributed by atoms with van der Waals surface area (Å²) >= 11 is 0. The van der Waals surface area contributed by atoms with Crippen LogP contribution in [0.2, 0.25) is 0 Å². The van der Waals surface area contributed by atoms with Crippen LogP contribution in [-0.4, -0.2) is 30.1 Å². The van der Waals surface area contributed by atoms with E-state index in [2.05, 4.69) is 0 Å². The molecule has 0 saturated carbocycles. The Balaban J connectivity index is 3.92. The summed E-state index contributed by atoms with van der Waals surface area (Å²) in [4.78, 5) is 11.4. The van der Waals surface area contributed by atoms with Crippen LogP contribution in [0.1, 0.15) is 20.8 Å². The average Bonchev–Trinajstić information content (AvgIpc) is 1.85. The van der Waals surface area contributed by atoms with Crippen LogP contribution in [0.15, 0.2) is 0 Å². The summed E-state index contributed by atoms with van der Waals surface area (Å²) < 4.78 is 0. The van der Waals surface area contributed by atoms with Gasteiger partial charge in [-0.15, -0.1) is 0 Å². The van der Waals surface area contributed by atoms with Crippen LogP contribution < -0.4 is 5.84 Å². The zero-order valence-electron chi connectivity index (χ0n) is 7.92. The van der Waals surface area contributed by atoms with Crippen LogP contribution in [0.5, 0.6) is 0 Å². The summed E-state index contributed by atoms with van der Waals surface area (Å²) in [6, 6.07) is 0. The van der Waals surface area contributed by atoms with E-state index < -0.39 is 0 Å². The van der Waals surface area contributed by atoms with E-state index in [1.54, 1.807) is 0 Å². The quantitative estimate of drug-likeness (QED) is 0.366. The molecule has 0 aromatic rings. The molecule has 0 aliphatic carbocycles. The Bertz CT molecular complexity index is 172. The van der Waals surface area contributed by atoms with Crippen molar-refractivity contribution in [3.05, 3.63) is 0 Å². The van der Waals surface area contributed by atoms with Crippen LogP contribution in [0.4, 0.5) is 0 Å². The molecule has 0 radical (unpaired) electrons. The van der Waals surface area contributed by atoms with Gasteiger partial charge in [-0.2, -0.15) is 0 Å². The molecule has 4 nitrogen and oxygen atoms in total. The van der Waals surface area contributed by atoms with Crippen molar-refractivity contribution in [1.29, 1.82) is 5.41 Å². The fourth-order valence-electron chi connectivity index (χ4n) is 0.603. The van der Waals surface area contributed by atoms with Crippen molar-refractivity contribution in [3.63, 3.8) is 0 Å². The van der Waals surface area contributed by atoms with Crippen molar-refractivity contribution in [2.24, 2.45) is 11.3 Å². The average molecular weight is 171 g/mol. The van der Waals surface area contributed by atoms with Gasteiger partial charge in [-0.1, -0.05) is 20.8 Å². The normalized spacial score (nSPS) is 11.8. The number of hydrogen-bond donors (Lipinski definition) is 2. The number of nitrogens with one attached hydrogen (secondary N) is 1. The van der Waals surface area contributed by atoms with E-state index in [1.807, 2.05) is 20.8 Å². The molecule has 12 heavy (non-hydrogen) atoms. The zero-order valence-corrected chi connectivity index (χ0v) is 7.92. The largest absolute Gasteiger partial charge is 0.312 e. The van der Waals surface area contributed by atoms with Crippen molar-refractivity contribution < 1.29 is 4.79 Å². The van der Waals surface area contributed by atoms with E-state index in [4.69, 9.17) is 11.3 Å². The lowest BCUT2D eigenvalue weighted by Crippen LogP contribution is -2.41. The number of carbonyl (C=O) groups excluding carboxylic acids is 1. The Kier molecular flexibility index (Phi) is 4.06. The number of hydrazine groups is 1. The number of carbonyl (C=O) groups is 1. The van der Waals surface area contributed by atoms with Gasteiger partial charge in [0.15, 0.2) is 5.78 Å². The lowest BCUT2D eigenvalue weighted by atomic mass is 9.91. The third kappa shape index (κ3) is 4.20. The van der Waals surface area contributed by atoms with Crippen molar-refractivity contribution in [1.82, 2.24) is 5.01 Å². The van der Waals surface area contributed by atoms with Gasteiger partial charge in [0.25, 0.3) is 0 Å². The first kappa shape index (κ1) is 11.3. The van der Waals surface area contributed by atoms with Crippen molar-refractivity contribution >= 4 is 12.0 Å². The number of nitrogens with zero attached hydrogens (tertiary/aromatic N) is 1. The fraction of sp³-hybridized carbons (Fsp3) is 0.750. The molecule has 0 saturated heterocycles. The van der Waals surface area contributed by atoms with Gasteiger partial charge < -0.3 is 5.41 Å². The molecule has 70 valence electrons. The minimum atomic E-state index is -0.348. The number of rotatable bonds is 4. The smallest absolute Gasteiger partial charge is 0.153 e. The van der Waals surface area contributed by atoms with Gasteiger partial charge in [-0.05, 0) is 0 Å². The monoisotopic (exact) mass is 171 g/mol. The molecule has 0 rings (SSSR count). The first-order valence-corrected chi connectivity index (χ1v) is 3.90. The Morgan fingerprint density at radius 3 is 2.42 bits per heavy atom. The Hall–Kier alpha value is -0.740. The molecule has 0 amide bonds. The van der Waals surface area contributed by atoms with Gasteiger partial charge in [0.05, 0.1) is 6.54 Å². The van der Waals surface area contributed by atoms with Crippen molar-refractivity contribution in [3.8, 4) is 0 Å². The second-order valence-electron chi connectivity index (χ2n) is 3.81. The summed E-state index contributed by atoms with van der Waals surface area (Å²) in [5.74, 6) is 5.53. The predicted molar refractivity (Wildman–Crippen MR) is 49.0 cm³/mol. The SMILES string of the molecule is CC(C)(C)C(=O)CN(N)CC=N. The Labute approximate surface area is 73.2 Å². The first-order valence-electron chi connectivity index (χ1n) is 3.90. The summed E-state index contributed by atoms with van der Waals surface area (Å²) in [6.45, 7) is 6.09. The lowest BCUT2D eigenvalue weighted by Gasteiger charge is -2.20. The van der Waals surface area contributed by atoms with Gasteiger partial charge in [0.1, 0.15) is 0 Å². The molecule has 3 N–H and O–H groups in total. The van der Waals surface area contributed by atoms with E-state index in [-0.39, 0.29) is 17.7 Å². The van der Waals surface area contributed by atoms with Crippen LogP contribution in [0.3, 0.4) is 0 Å². The molecule has 0 heterocycles. The molecule has 0 unspecified atom stereocenters. The maximum Gasteiger partial charge on any atom is 0.153 e. The highest BCUT2D eigenvalue weighted by molar-refractivity contribution is 5.85. The molecule has 0 spiro atoms. The molecule has 0 bridgehead atoms. The number of Topliss-reactive ketones (excluding diaryl/α,β-unsaturated/α-hetero) is 1. The van der Waals surface area contributed by atoms with Gasteiger partial charge in [0, 0.05) is 18.2 Å². The molecule has 0 aromatic heterocycles. The molecular formula is C8H17N3O. The van der Waals surface area contributed by atoms with E-state index in [1.165, 1.54) is 11.2 Å². The predicted octanol–water partition coefficient (Wildman–Crippen LogP) is 0.427. The fourth-order valence-corrected chi connectivity index (χ4v) is 0.603. The molecular weight excluding hydrogens is 154 g/mol. The minimum Gasteiger partial charge on any atom is -0.312 e. The summed E-state index contributed by atoms with van der Waals surface area (Å²) in [7, 11) is 0. The summed E-state index contributed by atoms with van der Waals surface area (Å²) in [6.07, 6.45) is 1.18. The second-order valence-corrected chi connectivity index (χ2v) is 3.81. The number of ketones is 1. The topological polar surface area (TPSA) is 70.2 Å². The summed E-state index contributed by atoms with van der Waals surface area (Å²) in [5.41, 5.74) is -0.348. The van der Waals surface area contributed by atoms with Gasteiger partial charge in [-0.3, -0.25) is 10.6 Å². The summed E-state index contributed by atoms with van der Waals surface area (Å²) in [5, 5.41) is 8.11. The second kappa shape index (κ2) is 4.33. The molecule has 0 aromatic carbocycles. The van der Waals surface area contributed by atoms with Gasteiger partial charge in [-0.25, -0.2) is 5.01 Å². The molecule has 0 fully saturated rings. The van der Waals surface area contributed by atoms with Crippen LogP contribution in [0.25, 0.3) is 0 Å². The zero-order chi connectivity index (χ0) is 9.78. The number of hydrogen-bond acceptors (Lipinski definition) is 4. The van der Waals surface area contributed by atoms with Crippen LogP contribution in [-0.2, 0) is 4.79 Å². The Morgan fingerprint density at radius 1 is 1.58 bits per heavy atom. The van der Waals surface area contributed by atoms with E-state index in [0.29, 0.717) is 6.54 Å². The van der Waals surface area contributed by atoms with E-state index in [0.717, 1.165) is 0 Å². The standard InChI is InChI=1S/C8H17N3O/c1-8(2,3)7(12)6-11(10)5-4-9/h4,9H,5-6,10H2,1-3H3. The van der Waals surface area contributed by atoms with Crippen LogP contribution in [0, 0.1) is 10.8 Å². The third-order valence-electron chi connectivity index (χ3n) is 1.51. The lowest BCUT2D eigenvalue weighted by molar-refractivity contribution is -0.127. The molecule has 0 aliphatic rings. The third-order valence-corrected chi connectivity index (χ3v) is 1.51. The maximum absolute atomic E-state index is 11.4. The molecule has 0 atom stereocenters. The molecule has 4 heteroatoms. The van der Waals surface area contributed by atoms with Crippen molar-refractivity contribution in [2.45, 2.75) is 20.8 Å². The minimum absolute atomic E-state index is 0.0897.